The maximum atomic E-state index is 12.5. The van der Waals surface area contributed by atoms with Crippen molar-refractivity contribution in [2.75, 3.05) is 13.1 Å². The normalized spacial score (nSPS) is 12.9. The molecule has 1 unspecified atom stereocenters. The predicted octanol–water partition coefficient (Wildman–Crippen LogP) is 2.21. The quantitative estimate of drug-likeness (QED) is 0.862. The molecule has 0 aliphatic rings. The Morgan fingerprint density at radius 3 is 2.57 bits per heavy atom. The number of carbonyl (C=O) groups is 1. The van der Waals surface area contributed by atoms with Crippen LogP contribution >= 0.6 is 11.6 Å². The molecule has 0 saturated heterocycles. The van der Waals surface area contributed by atoms with Gasteiger partial charge < -0.3 is 5.11 Å². The maximum absolute atomic E-state index is 12.5. The zero-order valence-electron chi connectivity index (χ0n) is 11.6. The molecular formula is C13H15ClN2O4S. The molecule has 1 N–H and O–H groups in total. The summed E-state index contributed by atoms with van der Waals surface area (Å²) in [5, 5.41) is 17.5. The van der Waals surface area contributed by atoms with Gasteiger partial charge in [-0.25, -0.2) is 13.2 Å². The topological polar surface area (TPSA) is 98.5 Å². The molecule has 0 spiro atoms. The van der Waals surface area contributed by atoms with Gasteiger partial charge >= 0.3 is 5.97 Å². The van der Waals surface area contributed by atoms with E-state index in [1.54, 1.807) is 13.8 Å². The highest BCUT2D eigenvalue weighted by atomic mass is 35.5. The SMILES string of the molecule is CCN(CC(C)C#N)S(=O)(=O)c1ccc(C(=O)O)c(Cl)c1. The molecular weight excluding hydrogens is 316 g/mol. The number of sulfonamides is 1. The summed E-state index contributed by atoms with van der Waals surface area (Å²) in [5.41, 5.74) is -0.163. The molecule has 0 bridgehead atoms. The molecule has 0 radical (unpaired) electrons. The molecule has 0 heterocycles. The molecule has 0 fully saturated rings. The van der Waals surface area contributed by atoms with Crippen molar-refractivity contribution in [2.45, 2.75) is 18.7 Å². The van der Waals surface area contributed by atoms with Gasteiger partial charge in [-0.1, -0.05) is 18.5 Å². The Morgan fingerprint density at radius 2 is 2.14 bits per heavy atom. The van der Waals surface area contributed by atoms with Crippen LogP contribution in [-0.4, -0.2) is 36.9 Å². The molecule has 0 aromatic heterocycles. The molecule has 8 heteroatoms. The van der Waals surface area contributed by atoms with Gasteiger partial charge in [0.2, 0.25) is 10.0 Å². The highest BCUT2D eigenvalue weighted by Gasteiger charge is 2.25. The van der Waals surface area contributed by atoms with Crippen LogP contribution in [0.15, 0.2) is 23.1 Å². The summed E-state index contributed by atoms with van der Waals surface area (Å²) in [6.45, 7) is 3.55. The van der Waals surface area contributed by atoms with Crippen LogP contribution in [0.1, 0.15) is 24.2 Å². The smallest absolute Gasteiger partial charge is 0.337 e. The number of carboxylic acid groups (broad SMARTS) is 1. The van der Waals surface area contributed by atoms with Crippen LogP contribution in [0.4, 0.5) is 0 Å². The summed E-state index contributed by atoms with van der Waals surface area (Å²) in [7, 11) is -3.82. The van der Waals surface area contributed by atoms with E-state index in [9.17, 15) is 13.2 Å². The number of carboxylic acids is 1. The van der Waals surface area contributed by atoms with E-state index in [0.29, 0.717) is 0 Å². The number of nitrogens with zero attached hydrogens (tertiary/aromatic N) is 2. The fourth-order valence-corrected chi connectivity index (χ4v) is 3.61. The molecule has 0 amide bonds. The standard InChI is InChI=1S/C13H15ClN2O4S/c1-3-16(8-9(2)7-15)21(19,20)10-4-5-11(13(17)18)12(14)6-10/h4-6,9H,3,8H2,1-2H3,(H,17,18). The Morgan fingerprint density at radius 1 is 1.52 bits per heavy atom. The molecule has 1 atom stereocenters. The van der Waals surface area contributed by atoms with Crippen LogP contribution in [0.25, 0.3) is 0 Å². The van der Waals surface area contributed by atoms with E-state index in [-0.39, 0.29) is 28.6 Å². The minimum absolute atomic E-state index is 0.0631. The van der Waals surface area contributed by atoms with Gasteiger partial charge in [-0.2, -0.15) is 9.57 Å². The number of rotatable bonds is 6. The highest BCUT2D eigenvalue weighted by Crippen LogP contribution is 2.24. The van der Waals surface area contributed by atoms with E-state index in [1.807, 2.05) is 6.07 Å². The van der Waals surface area contributed by atoms with Gasteiger partial charge in [-0.3, -0.25) is 0 Å². The predicted molar refractivity (Wildman–Crippen MR) is 77.6 cm³/mol. The van der Waals surface area contributed by atoms with Crippen molar-refractivity contribution >= 4 is 27.6 Å². The number of nitriles is 1. The first-order chi connectivity index (χ1) is 9.73. The number of benzene rings is 1. The van der Waals surface area contributed by atoms with Gasteiger partial charge in [-0.05, 0) is 25.1 Å². The molecule has 21 heavy (non-hydrogen) atoms. The Bertz CT molecular complexity index is 682. The number of halogens is 1. The van der Waals surface area contributed by atoms with Crippen molar-refractivity contribution in [1.29, 1.82) is 5.26 Å². The summed E-state index contributed by atoms with van der Waals surface area (Å²) in [6.07, 6.45) is 0. The number of hydrogen-bond acceptors (Lipinski definition) is 4. The van der Waals surface area contributed by atoms with Crippen molar-refractivity contribution in [1.82, 2.24) is 4.31 Å². The highest BCUT2D eigenvalue weighted by molar-refractivity contribution is 7.89. The van der Waals surface area contributed by atoms with Crippen LogP contribution in [0.3, 0.4) is 0 Å². The molecule has 0 saturated carbocycles. The second-order valence-corrected chi connectivity index (χ2v) is 6.78. The van der Waals surface area contributed by atoms with E-state index >= 15 is 0 Å². The number of aromatic carboxylic acids is 1. The molecule has 1 aromatic carbocycles. The molecule has 0 aliphatic carbocycles. The van der Waals surface area contributed by atoms with Crippen molar-refractivity contribution in [3.05, 3.63) is 28.8 Å². The summed E-state index contributed by atoms with van der Waals surface area (Å²) in [4.78, 5) is 10.8. The minimum Gasteiger partial charge on any atom is -0.478 e. The Kier molecular flexibility index (Phi) is 5.72. The average molecular weight is 331 g/mol. The Labute approximate surface area is 128 Å². The summed E-state index contributed by atoms with van der Waals surface area (Å²) in [6, 6.07) is 5.44. The minimum atomic E-state index is -3.82. The lowest BCUT2D eigenvalue weighted by molar-refractivity contribution is 0.0697. The van der Waals surface area contributed by atoms with E-state index < -0.39 is 21.9 Å². The van der Waals surface area contributed by atoms with Crippen molar-refractivity contribution in [3.63, 3.8) is 0 Å². The lowest BCUT2D eigenvalue weighted by atomic mass is 10.2. The zero-order valence-corrected chi connectivity index (χ0v) is 13.1. The van der Waals surface area contributed by atoms with Gasteiger partial charge in [0, 0.05) is 13.1 Å². The van der Waals surface area contributed by atoms with E-state index in [2.05, 4.69) is 0 Å². The van der Waals surface area contributed by atoms with Crippen LogP contribution in [-0.2, 0) is 10.0 Å². The van der Waals surface area contributed by atoms with Gasteiger partial charge in [0.25, 0.3) is 0 Å². The zero-order chi connectivity index (χ0) is 16.2. The van der Waals surface area contributed by atoms with Gasteiger partial charge in [0.1, 0.15) is 0 Å². The van der Waals surface area contributed by atoms with Crippen molar-refractivity contribution < 1.29 is 18.3 Å². The fraction of sp³-hybridized carbons (Fsp3) is 0.385. The van der Waals surface area contributed by atoms with E-state index in [1.165, 1.54) is 6.07 Å². The second-order valence-electron chi connectivity index (χ2n) is 4.43. The molecule has 1 rings (SSSR count). The monoisotopic (exact) mass is 330 g/mol. The first kappa shape index (κ1) is 17.4. The molecule has 114 valence electrons. The third-order valence-corrected chi connectivity index (χ3v) is 5.11. The van der Waals surface area contributed by atoms with Gasteiger partial charge in [0.15, 0.2) is 0 Å². The Hall–Kier alpha value is -1.62. The lowest BCUT2D eigenvalue weighted by Crippen LogP contribution is -2.34. The number of hydrogen-bond donors (Lipinski definition) is 1. The first-order valence-electron chi connectivity index (χ1n) is 6.16. The third-order valence-electron chi connectivity index (χ3n) is 2.86. The van der Waals surface area contributed by atoms with Gasteiger partial charge in [-0.15, -0.1) is 0 Å². The summed E-state index contributed by atoms with van der Waals surface area (Å²) < 4.78 is 26.1. The third kappa shape index (κ3) is 3.94. The Balaban J connectivity index is 3.21. The molecule has 6 nitrogen and oxygen atoms in total. The van der Waals surface area contributed by atoms with Gasteiger partial charge in [0.05, 0.1) is 27.5 Å². The lowest BCUT2D eigenvalue weighted by Gasteiger charge is -2.21. The van der Waals surface area contributed by atoms with Crippen molar-refractivity contribution in [2.24, 2.45) is 5.92 Å². The average Bonchev–Trinajstić information content (AvgIpc) is 2.43. The summed E-state index contributed by atoms with van der Waals surface area (Å²) >= 11 is 5.80. The van der Waals surface area contributed by atoms with Crippen LogP contribution < -0.4 is 0 Å². The molecule has 0 aliphatic heterocycles. The van der Waals surface area contributed by atoms with Crippen LogP contribution in [0.5, 0.6) is 0 Å². The van der Waals surface area contributed by atoms with E-state index in [4.69, 9.17) is 22.0 Å². The largest absolute Gasteiger partial charge is 0.478 e. The van der Waals surface area contributed by atoms with Crippen LogP contribution in [0.2, 0.25) is 5.02 Å². The summed E-state index contributed by atoms with van der Waals surface area (Å²) in [5.74, 6) is -1.68. The first-order valence-corrected chi connectivity index (χ1v) is 7.98. The fourth-order valence-electron chi connectivity index (χ4n) is 1.72. The maximum Gasteiger partial charge on any atom is 0.337 e. The van der Waals surface area contributed by atoms with E-state index in [0.717, 1.165) is 16.4 Å². The second kappa shape index (κ2) is 6.89. The van der Waals surface area contributed by atoms with Crippen LogP contribution in [0, 0.1) is 17.2 Å². The molecule has 1 aromatic rings. The van der Waals surface area contributed by atoms with Crippen molar-refractivity contribution in [3.8, 4) is 6.07 Å².